The van der Waals surface area contributed by atoms with Crippen molar-refractivity contribution in [1.82, 2.24) is 4.98 Å². The van der Waals surface area contributed by atoms with Crippen molar-refractivity contribution in [2.24, 2.45) is 0 Å². The fraction of sp³-hybridized carbons (Fsp3) is 0.538. The van der Waals surface area contributed by atoms with Crippen LogP contribution in [0.5, 0.6) is 0 Å². The Morgan fingerprint density at radius 1 is 1.50 bits per heavy atom. The van der Waals surface area contributed by atoms with E-state index in [1.165, 1.54) is 0 Å². The minimum atomic E-state index is -0.945. The second-order valence-corrected chi connectivity index (χ2v) is 5.15. The molecule has 0 aliphatic carbocycles. The van der Waals surface area contributed by atoms with Gasteiger partial charge in [-0.05, 0) is 32.9 Å². The topological polar surface area (TPSA) is 62.7 Å². The molecular formula is C13H18N2O3. The van der Waals surface area contributed by atoms with Gasteiger partial charge in [0.25, 0.3) is 0 Å². The van der Waals surface area contributed by atoms with Gasteiger partial charge in [0.15, 0.2) is 0 Å². The molecule has 5 heteroatoms. The van der Waals surface area contributed by atoms with Gasteiger partial charge in [-0.2, -0.15) is 0 Å². The van der Waals surface area contributed by atoms with Gasteiger partial charge in [0, 0.05) is 12.2 Å². The highest BCUT2D eigenvalue weighted by Crippen LogP contribution is 2.28. The van der Waals surface area contributed by atoms with E-state index in [4.69, 9.17) is 4.74 Å². The van der Waals surface area contributed by atoms with E-state index >= 15 is 0 Å². The van der Waals surface area contributed by atoms with Crippen LogP contribution in [0.25, 0.3) is 0 Å². The minimum Gasteiger partial charge on any atom is -0.478 e. The molecule has 0 atom stereocenters. The first-order valence-electron chi connectivity index (χ1n) is 5.98. The number of aromatic nitrogens is 1. The van der Waals surface area contributed by atoms with Gasteiger partial charge in [-0.3, -0.25) is 0 Å². The molecule has 1 saturated heterocycles. The van der Waals surface area contributed by atoms with E-state index in [0.29, 0.717) is 25.6 Å². The number of carboxylic acid groups (broad SMARTS) is 1. The molecule has 0 saturated carbocycles. The summed E-state index contributed by atoms with van der Waals surface area (Å²) in [6.07, 6.45) is 0. The van der Waals surface area contributed by atoms with Gasteiger partial charge >= 0.3 is 5.97 Å². The first kappa shape index (κ1) is 12.8. The maximum Gasteiger partial charge on any atom is 0.339 e. The number of morpholine rings is 1. The molecule has 1 fully saturated rings. The van der Waals surface area contributed by atoms with E-state index in [2.05, 4.69) is 4.98 Å². The van der Waals surface area contributed by atoms with Crippen molar-refractivity contribution in [3.63, 3.8) is 0 Å². The van der Waals surface area contributed by atoms with Crippen LogP contribution in [0.3, 0.4) is 0 Å². The molecule has 0 spiro atoms. The summed E-state index contributed by atoms with van der Waals surface area (Å²) in [5.74, 6) is -0.407. The quantitative estimate of drug-likeness (QED) is 0.865. The molecule has 1 N–H and O–H groups in total. The van der Waals surface area contributed by atoms with Gasteiger partial charge in [0.1, 0.15) is 11.4 Å². The third-order valence-electron chi connectivity index (χ3n) is 3.15. The number of rotatable bonds is 2. The fourth-order valence-electron chi connectivity index (χ4n) is 2.17. The van der Waals surface area contributed by atoms with Crippen LogP contribution in [0.2, 0.25) is 0 Å². The fourth-order valence-corrected chi connectivity index (χ4v) is 2.17. The predicted octanol–water partition coefficient (Wildman–Crippen LogP) is 1.70. The molecule has 0 aromatic carbocycles. The number of aryl methyl sites for hydroxylation is 1. The normalized spacial score (nSPS) is 18.7. The molecule has 0 unspecified atom stereocenters. The number of aromatic carboxylic acids is 1. The summed E-state index contributed by atoms with van der Waals surface area (Å²) >= 11 is 0. The zero-order valence-corrected chi connectivity index (χ0v) is 10.9. The molecule has 0 radical (unpaired) electrons. The summed E-state index contributed by atoms with van der Waals surface area (Å²) in [4.78, 5) is 17.7. The lowest BCUT2D eigenvalue weighted by molar-refractivity contribution is 0.0624. The van der Waals surface area contributed by atoms with E-state index in [1.807, 2.05) is 25.7 Å². The lowest BCUT2D eigenvalue weighted by Crippen LogP contribution is -2.54. The van der Waals surface area contributed by atoms with Crippen LogP contribution >= 0.6 is 0 Å². The zero-order valence-electron chi connectivity index (χ0n) is 10.9. The van der Waals surface area contributed by atoms with E-state index in [-0.39, 0.29) is 11.1 Å². The Kier molecular flexibility index (Phi) is 3.26. The molecule has 1 aliphatic rings. The van der Waals surface area contributed by atoms with Gasteiger partial charge in [0.2, 0.25) is 0 Å². The predicted molar refractivity (Wildman–Crippen MR) is 68.2 cm³/mol. The van der Waals surface area contributed by atoms with Crippen molar-refractivity contribution < 1.29 is 14.6 Å². The summed E-state index contributed by atoms with van der Waals surface area (Å²) in [6, 6.07) is 3.34. The molecule has 1 aromatic rings. The first-order valence-corrected chi connectivity index (χ1v) is 5.98. The summed E-state index contributed by atoms with van der Waals surface area (Å²) in [5.41, 5.74) is 0.816. The summed E-state index contributed by atoms with van der Waals surface area (Å²) in [6.45, 7) is 7.75. The Hall–Kier alpha value is -1.62. The van der Waals surface area contributed by atoms with Crippen LogP contribution in [-0.2, 0) is 4.74 Å². The van der Waals surface area contributed by atoms with Crippen LogP contribution in [0.15, 0.2) is 12.1 Å². The SMILES string of the molecule is Cc1ccc(C(=O)O)c(N2CCOCC2(C)C)n1. The number of pyridine rings is 1. The molecule has 2 heterocycles. The molecule has 5 nitrogen and oxygen atoms in total. The third kappa shape index (κ3) is 2.31. The zero-order chi connectivity index (χ0) is 13.3. The Morgan fingerprint density at radius 3 is 2.83 bits per heavy atom. The number of anilines is 1. The van der Waals surface area contributed by atoms with Gasteiger partial charge < -0.3 is 14.7 Å². The van der Waals surface area contributed by atoms with Crippen LogP contribution in [-0.4, -0.2) is 41.4 Å². The van der Waals surface area contributed by atoms with Crippen molar-refractivity contribution in [1.29, 1.82) is 0 Å². The Labute approximate surface area is 106 Å². The minimum absolute atomic E-state index is 0.246. The molecular weight excluding hydrogens is 232 g/mol. The molecule has 0 amide bonds. The average Bonchev–Trinajstić information content (AvgIpc) is 2.27. The number of nitrogens with zero attached hydrogens (tertiary/aromatic N) is 2. The molecule has 1 aromatic heterocycles. The molecule has 1 aliphatic heterocycles. The van der Waals surface area contributed by atoms with Crippen LogP contribution < -0.4 is 4.90 Å². The second kappa shape index (κ2) is 4.57. The number of carboxylic acids is 1. The van der Waals surface area contributed by atoms with Crippen molar-refractivity contribution in [2.45, 2.75) is 26.3 Å². The lowest BCUT2D eigenvalue weighted by atomic mass is 10.0. The Balaban J connectivity index is 2.48. The maximum atomic E-state index is 11.3. The summed E-state index contributed by atoms with van der Waals surface area (Å²) < 4.78 is 5.45. The maximum absolute atomic E-state index is 11.3. The molecule has 18 heavy (non-hydrogen) atoms. The first-order chi connectivity index (χ1) is 8.42. The smallest absolute Gasteiger partial charge is 0.339 e. The van der Waals surface area contributed by atoms with Crippen molar-refractivity contribution in [3.8, 4) is 0 Å². The highest BCUT2D eigenvalue weighted by molar-refractivity contribution is 5.93. The monoisotopic (exact) mass is 250 g/mol. The Morgan fingerprint density at radius 2 is 2.22 bits per heavy atom. The van der Waals surface area contributed by atoms with E-state index in [1.54, 1.807) is 12.1 Å². The van der Waals surface area contributed by atoms with Crippen molar-refractivity contribution in [3.05, 3.63) is 23.4 Å². The summed E-state index contributed by atoms with van der Waals surface area (Å²) in [5, 5.41) is 9.26. The number of carbonyl (C=O) groups is 1. The lowest BCUT2D eigenvalue weighted by Gasteiger charge is -2.43. The third-order valence-corrected chi connectivity index (χ3v) is 3.15. The van der Waals surface area contributed by atoms with Crippen LogP contribution in [0.1, 0.15) is 29.9 Å². The summed E-state index contributed by atoms with van der Waals surface area (Å²) in [7, 11) is 0. The molecule has 0 bridgehead atoms. The number of ether oxygens (including phenoxy) is 1. The average molecular weight is 250 g/mol. The largest absolute Gasteiger partial charge is 0.478 e. The van der Waals surface area contributed by atoms with Gasteiger partial charge in [-0.15, -0.1) is 0 Å². The van der Waals surface area contributed by atoms with E-state index in [9.17, 15) is 9.90 Å². The van der Waals surface area contributed by atoms with Crippen molar-refractivity contribution >= 4 is 11.8 Å². The van der Waals surface area contributed by atoms with Crippen LogP contribution in [0, 0.1) is 6.92 Å². The molecule has 2 rings (SSSR count). The van der Waals surface area contributed by atoms with Crippen molar-refractivity contribution in [2.75, 3.05) is 24.7 Å². The van der Waals surface area contributed by atoms with Gasteiger partial charge in [0.05, 0.1) is 18.8 Å². The Bertz CT molecular complexity index is 471. The highest BCUT2D eigenvalue weighted by Gasteiger charge is 2.33. The highest BCUT2D eigenvalue weighted by atomic mass is 16.5. The van der Waals surface area contributed by atoms with Crippen LogP contribution in [0.4, 0.5) is 5.82 Å². The standard InChI is InChI=1S/C13H18N2O3/c1-9-4-5-10(12(16)17)11(14-9)15-6-7-18-8-13(15,2)3/h4-5H,6-8H2,1-3H3,(H,16,17). The number of hydrogen-bond acceptors (Lipinski definition) is 4. The number of hydrogen-bond donors (Lipinski definition) is 1. The van der Waals surface area contributed by atoms with Gasteiger partial charge in [-0.25, -0.2) is 9.78 Å². The van der Waals surface area contributed by atoms with E-state index in [0.717, 1.165) is 5.69 Å². The van der Waals surface area contributed by atoms with Gasteiger partial charge in [-0.1, -0.05) is 0 Å². The second-order valence-electron chi connectivity index (χ2n) is 5.15. The van der Waals surface area contributed by atoms with E-state index < -0.39 is 5.97 Å². The molecule has 98 valence electrons.